The second-order valence-corrected chi connectivity index (χ2v) is 7.44. The zero-order chi connectivity index (χ0) is 18.5. The maximum atomic E-state index is 6.32. The van der Waals surface area contributed by atoms with Crippen LogP contribution in [-0.2, 0) is 0 Å². The highest BCUT2D eigenvalue weighted by Crippen LogP contribution is 2.32. The average molecular weight is 384 g/mol. The second kappa shape index (κ2) is 8.47. The van der Waals surface area contributed by atoms with Crippen molar-refractivity contribution in [2.75, 3.05) is 5.01 Å². The van der Waals surface area contributed by atoms with Crippen molar-refractivity contribution < 1.29 is 0 Å². The molecule has 0 fully saturated rings. The lowest BCUT2D eigenvalue weighted by atomic mass is 10.1. The van der Waals surface area contributed by atoms with E-state index in [0.29, 0.717) is 5.02 Å². The molecule has 0 N–H and O–H groups in total. The fraction of sp³-hybridized carbons (Fsp3) is 0.238. The smallest absolute Gasteiger partial charge is 0.206 e. The van der Waals surface area contributed by atoms with Gasteiger partial charge in [-0.1, -0.05) is 61.0 Å². The summed E-state index contributed by atoms with van der Waals surface area (Å²) < 4.78 is 0. The van der Waals surface area contributed by atoms with E-state index < -0.39 is 0 Å². The Morgan fingerprint density at radius 3 is 2.65 bits per heavy atom. The minimum atomic E-state index is 0.250. The number of hydrogen-bond acceptors (Lipinski definition) is 4. The van der Waals surface area contributed by atoms with Gasteiger partial charge in [-0.25, -0.2) is 9.99 Å². The Labute approximate surface area is 164 Å². The SMILES string of the molecule is CCC(C)N(/N=C/c1ccccc1C)c1nc(-c2ccccc2Cl)cs1. The molecule has 0 aliphatic heterocycles. The molecule has 5 heteroatoms. The highest BCUT2D eigenvalue weighted by atomic mass is 35.5. The average Bonchev–Trinajstić information content (AvgIpc) is 3.13. The predicted octanol–water partition coefficient (Wildman–Crippen LogP) is 6.41. The molecule has 0 radical (unpaired) electrons. The summed E-state index contributed by atoms with van der Waals surface area (Å²) in [6, 6.07) is 16.3. The molecule has 1 aromatic heterocycles. The summed E-state index contributed by atoms with van der Waals surface area (Å²) in [5.74, 6) is 0. The molecule has 134 valence electrons. The third kappa shape index (κ3) is 4.14. The first-order valence-electron chi connectivity index (χ1n) is 8.69. The summed E-state index contributed by atoms with van der Waals surface area (Å²) in [6.45, 7) is 6.41. The van der Waals surface area contributed by atoms with E-state index in [9.17, 15) is 0 Å². The number of aryl methyl sites for hydroxylation is 1. The lowest BCUT2D eigenvalue weighted by molar-refractivity contribution is 0.635. The van der Waals surface area contributed by atoms with Crippen molar-refractivity contribution in [3.8, 4) is 11.3 Å². The number of thiazole rings is 1. The summed E-state index contributed by atoms with van der Waals surface area (Å²) in [6.07, 6.45) is 2.89. The van der Waals surface area contributed by atoms with E-state index in [-0.39, 0.29) is 6.04 Å². The maximum Gasteiger partial charge on any atom is 0.206 e. The number of benzene rings is 2. The van der Waals surface area contributed by atoms with Crippen molar-refractivity contribution in [3.63, 3.8) is 0 Å². The van der Waals surface area contributed by atoms with Gasteiger partial charge in [-0.05, 0) is 37.5 Å². The zero-order valence-corrected chi connectivity index (χ0v) is 16.8. The fourth-order valence-electron chi connectivity index (χ4n) is 2.54. The quantitative estimate of drug-likeness (QED) is 0.363. The number of nitrogens with zero attached hydrogens (tertiary/aromatic N) is 3. The van der Waals surface area contributed by atoms with Gasteiger partial charge in [0.1, 0.15) is 0 Å². The normalized spacial score (nSPS) is 12.5. The molecule has 0 saturated carbocycles. The van der Waals surface area contributed by atoms with Gasteiger partial charge >= 0.3 is 0 Å². The summed E-state index contributed by atoms with van der Waals surface area (Å²) >= 11 is 7.90. The molecule has 0 aliphatic rings. The fourth-order valence-corrected chi connectivity index (χ4v) is 3.66. The molecular formula is C21H22ClN3S. The van der Waals surface area contributed by atoms with Crippen LogP contribution in [0.25, 0.3) is 11.3 Å². The van der Waals surface area contributed by atoms with Crippen LogP contribution in [0.3, 0.4) is 0 Å². The molecule has 0 aliphatic carbocycles. The second-order valence-electron chi connectivity index (χ2n) is 6.20. The molecule has 3 nitrogen and oxygen atoms in total. The van der Waals surface area contributed by atoms with E-state index in [1.54, 1.807) is 11.3 Å². The first-order chi connectivity index (χ1) is 12.6. The van der Waals surface area contributed by atoms with Gasteiger partial charge in [0, 0.05) is 16.0 Å². The number of halogens is 1. The van der Waals surface area contributed by atoms with Crippen LogP contribution in [0.15, 0.2) is 59.0 Å². The van der Waals surface area contributed by atoms with Crippen LogP contribution in [0.5, 0.6) is 0 Å². The van der Waals surface area contributed by atoms with Crippen molar-refractivity contribution >= 4 is 34.3 Å². The lowest BCUT2D eigenvalue weighted by Gasteiger charge is -2.22. The summed E-state index contributed by atoms with van der Waals surface area (Å²) in [5, 5.41) is 10.4. The van der Waals surface area contributed by atoms with Gasteiger partial charge in [0.15, 0.2) is 0 Å². The van der Waals surface area contributed by atoms with Crippen LogP contribution < -0.4 is 5.01 Å². The Morgan fingerprint density at radius 2 is 1.92 bits per heavy atom. The third-order valence-electron chi connectivity index (χ3n) is 4.36. The topological polar surface area (TPSA) is 28.5 Å². The Bertz CT molecular complexity index is 904. The first-order valence-corrected chi connectivity index (χ1v) is 9.95. The third-order valence-corrected chi connectivity index (χ3v) is 5.52. The van der Waals surface area contributed by atoms with E-state index in [4.69, 9.17) is 21.7 Å². The highest BCUT2D eigenvalue weighted by molar-refractivity contribution is 7.14. The van der Waals surface area contributed by atoms with Gasteiger partial charge < -0.3 is 0 Å². The van der Waals surface area contributed by atoms with Gasteiger partial charge in [-0.15, -0.1) is 11.3 Å². The van der Waals surface area contributed by atoms with Crippen LogP contribution in [0.4, 0.5) is 5.13 Å². The van der Waals surface area contributed by atoms with Gasteiger partial charge in [0.05, 0.1) is 18.0 Å². The Balaban J connectivity index is 1.92. The molecule has 0 bridgehead atoms. The summed E-state index contributed by atoms with van der Waals surface area (Å²) in [4.78, 5) is 4.79. The Kier molecular flexibility index (Phi) is 6.07. The summed E-state index contributed by atoms with van der Waals surface area (Å²) in [7, 11) is 0. The maximum absolute atomic E-state index is 6.32. The van der Waals surface area contributed by atoms with Crippen molar-refractivity contribution in [3.05, 3.63) is 70.1 Å². The van der Waals surface area contributed by atoms with E-state index in [1.807, 2.05) is 53.0 Å². The molecule has 1 unspecified atom stereocenters. The van der Waals surface area contributed by atoms with E-state index in [2.05, 4.69) is 32.9 Å². The molecule has 1 heterocycles. The molecule has 3 rings (SSSR count). The molecule has 0 spiro atoms. The highest BCUT2D eigenvalue weighted by Gasteiger charge is 2.17. The van der Waals surface area contributed by atoms with Gasteiger partial charge in [0.25, 0.3) is 0 Å². The molecule has 1 atom stereocenters. The number of hydrogen-bond donors (Lipinski definition) is 0. The van der Waals surface area contributed by atoms with Gasteiger partial charge in [0.2, 0.25) is 5.13 Å². The van der Waals surface area contributed by atoms with Crippen LogP contribution >= 0.6 is 22.9 Å². The van der Waals surface area contributed by atoms with E-state index in [0.717, 1.165) is 28.4 Å². The Hall–Kier alpha value is -2.17. The summed E-state index contributed by atoms with van der Waals surface area (Å²) in [5.41, 5.74) is 4.15. The molecule has 0 saturated heterocycles. The van der Waals surface area contributed by atoms with Crippen molar-refractivity contribution in [2.24, 2.45) is 5.10 Å². The minimum absolute atomic E-state index is 0.250. The first kappa shape index (κ1) is 18.6. The van der Waals surface area contributed by atoms with E-state index in [1.165, 1.54) is 5.56 Å². The zero-order valence-electron chi connectivity index (χ0n) is 15.2. The monoisotopic (exact) mass is 383 g/mol. The number of anilines is 1. The predicted molar refractivity (Wildman–Crippen MR) is 114 cm³/mol. The lowest BCUT2D eigenvalue weighted by Crippen LogP contribution is -2.27. The standard InChI is InChI=1S/C21H22ClN3S/c1-4-16(3)25(23-13-17-10-6-5-9-15(17)2)21-24-20(14-26-21)18-11-7-8-12-19(18)22/h5-14,16H,4H2,1-3H3/b23-13+. The largest absolute Gasteiger partial charge is 0.236 e. The van der Waals surface area contributed by atoms with Crippen LogP contribution in [0.1, 0.15) is 31.4 Å². The van der Waals surface area contributed by atoms with Gasteiger partial charge in [-0.3, -0.25) is 0 Å². The number of hydrazone groups is 1. The minimum Gasteiger partial charge on any atom is -0.236 e. The molecule has 26 heavy (non-hydrogen) atoms. The van der Waals surface area contributed by atoms with Crippen LogP contribution in [0, 0.1) is 6.92 Å². The number of rotatable bonds is 6. The van der Waals surface area contributed by atoms with Crippen LogP contribution in [-0.4, -0.2) is 17.2 Å². The Morgan fingerprint density at radius 1 is 1.19 bits per heavy atom. The van der Waals surface area contributed by atoms with Crippen molar-refractivity contribution in [1.82, 2.24) is 4.98 Å². The molecule has 3 aromatic rings. The van der Waals surface area contributed by atoms with Crippen molar-refractivity contribution in [1.29, 1.82) is 0 Å². The van der Waals surface area contributed by atoms with Gasteiger partial charge in [-0.2, -0.15) is 5.10 Å². The molecule has 0 amide bonds. The molecule has 2 aromatic carbocycles. The number of aromatic nitrogens is 1. The van der Waals surface area contributed by atoms with Crippen molar-refractivity contribution in [2.45, 2.75) is 33.2 Å². The van der Waals surface area contributed by atoms with E-state index >= 15 is 0 Å². The van der Waals surface area contributed by atoms with Crippen LogP contribution in [0.2, 0.25) is 5.02 Å². The molecular weight excluding hydrogens is 362 g/mol.